The summed E-state index contributed by atoms with van der Waals surface area (Å²) in [4.78, 5) is 10.4. The molecule has 0 aromatic carbocycles. The van der Waals surface area contributed by atoms with Crippen LogP contribution in [-0.2, 0) is 15.0 Å². The summed E-state index contributed by atoms with van der Waals surface area (Å²) in [5, 5.41) is 8.51. The van der Waals surface area contributed by atoms with Crippen molar-refractivity contribution in [1.82, 2.24) is 8.61 Å². The van der Waals surface area contributed by atoms with Crippen molar-refractivity contribution in [2.75, 3.05) is 26.7 Å². The van der Waals surface area contributed by atoms with Crippen molar-refractivity contribution in [2.24, 2.45) is 0 Å². The van der Waals surface area contributed by atoms with Crippen LogP contribution in [0.1, 0.15) is 19.8 Å². The monoisotopic (exact) mass is 262 g/mol. The third kappa shape index (κ3) is 5.17. The van der Waals surface area contributed by atoms with Crippen LogP contribution < -0.4 is 0 Å². The van der Waals surface area contributed by atoms with E-state index in [0.29, 0.717) is 13.0 Å². The van der Waals surface area contributed by atoms with Gasteiger partial charge in [-0.25, -0.2) is 0 Å². The molecule has 6 nitrogen and oxygen atoms in total. The molecule has 0 atom stereocenters. The Labute approximate surface area is 102 Å². The van der Waals surface area contributed by atoms with E-state index in [9.17, 15) is 13.2 Å². The highest BCUT2D eigenvalue weighted by Crippen LogP contribution is 2.07. The van der Waals surface area contributed by atoms with Crippen LogP contribution in [0.2, 0.25) is 0 Å². The molecule has 0 aliphatic heterocycles. The average Bonchev–Trinajstić information content (AvgIpc) is 2.25. The van der Waals surface area contributed by atoms with Gasteiger partial charge in [0.1, 0.15) is 0 Å². The van der Waals surface area contributed by atoms with Gasteiger partial charge in [-0.3, -0.25) is 4.79 Å². The summed E-state index contributed by atoms with van der Waals surface area (Å²) < 4.78 is 26.1. The van der Waals surface area contributed by atoms with Crippen molar-refractivity contribution in [3.8, 4) is 12.3 Å². The van der Waals surface area contributed by atoms with Crippen molar-refractivity contribution in [3.05, 3.63) is 0 Å². The van der Waals surface area contributed by atoms with E-state index in [4.69, 9.17) is 11.5 Å². The average molecular weight is 262 g/mol. The highest BCUT2D eigenvalue weighted by atomic mass is 32.2. The summed E-state index contributed by atoms with van der Waals surface area (Å²) in [5.41, 5.74) is 0. The molecule has 0 aliphatic rings. The lowest BCUT2D eigenvalue weighted by Gasteiger charge is -2.25. The van der Waals surface area contributed by atoms with Crippen LogP contribution in [0.5, 0.6) is 0 Å². The van der Waals surface area contributed by atoms with Crippen LogP contribution in [0.15, 0.2) is 0 Å². The van der Waals surface area contributed by atoms with Crippen molar-refractivity contribution in [2.45, 2.75) is 19.8 Å². The predicted molar refractivity (Wildman–Crippen MR) is 64.5 cm³/mol. The van der Waals surface area contributed by atoms with Gasteiger partial charge in [-0.05, 0) is 6.42 Å². The van der Waals surface area contributed by atoms with Gasteiger partial charge in [0.05, 0.1) is 13.0 Å². The lowest BCUT2D eigenvalue weighted by atomic mass is 10.4. The molecule has 0 saturated carbocycles. The first-order valence-electron chi connectivity index (χ1n) is 5.22. The summed E-state index contributed by atoms with van der Waals surface area (Å²) in [5.74, 6) is 1.25. The van der Waals surface area contributed by atoms with Gasteiger partial charge >= 0.3 is 5.97 Å². The number of hydrogen-bond acceptors (Lipinski definition) is 3. The minimum absolute atomic E-state index is 0.00636. The SMILES string of the molecule is C#CCN(CCC)S(=O)(=O)N(C)CCC(=O)O. The van der Waals surface area contributed by atoms with Crippen LogP contribution in [-0.4, -0.2) is 54.8 Å². The summed E-state index contributed by atoms with van der Waals surface area (Å²) in [6.45, 7) is 2.09. The Morgan fingerprint density at radius 1 is 1.41 bits per heavy atom. The van der Waals surface area contributed by atoms with Crippen LogP contribution in [0.25, 0.3) is 0 Å². The fourth-order valence-electron chi connectivity index (χ4n) is 1.19. The van der Waals surface area contributed by atoms with E-state index >= 15 is 0 Å². The van der Waals surface area contributed by atoms with E-state index in [2.05, 4.69) is 5.92 Å². The van der Waals surface area contributed by atoms with Gasteiger partial charge in [-0.15, -0.1) is 6.42 Å². The molecule has 7 heteroatoms. The van der Waals surface area contributed by atoms with Crippen LogP contribution in [0.3, 0.4) is 0 Å². The Kier molecular flexibility index (Phi) is 6.80. The Balaban J connectivity index is 4.71. The van der Waals surface area contributed by atoms with Gasteiger partial charge in [0.25, 0.3) is 10.2 Å². The number of carbonyl (C=O) groups is 1. The molecule has 0 amide bonds. The van der Waals surface area contributed by atoms with Gasteiger partial charge in [0, 0.05) is 20.1 Å². The number of carboxylic acids is 1. The van der Waals surface area contributed by atoms with Crippen LogP contribution >= 0.6 is 0 Å². The minimum Gasteiger partial charge on any atom is -0.481 e. The molecule has 0 unspecified atom stereocenters. The van der Waals surface area contributed by atoms with E-state index in [-0.39, 0.29) is 19.5 Å². The zero-order valence-electron chi connectivity index (χ0n) is 10.1. The van der Waals surface area contributed by atoms with Crippen molar-refractivity contribution < 1.29 is 18.3 Å². The molecule has 0 saturated heterocycles. The molecule has 0 aromatic rings. The zero-order chi connectivity index (χ0) is 13.5. The lowest BCUT2D eigenvalue weighted by Crippen LogP contribution is -2.43. The third-order valence-electron chi connectivity index (χ3n) is 2.10. The highest BCUT2D eigenvalue weighted by molar-refractivity contribution is 7.86. The number of aliphatic carboxylic acids is 1. The predicted octanol–water partition coefficient (Wildman–Crippen LogP) is -0.0171. The van der Waals surface area contributed by atoms with Crippen molar-refractivity contribution >= 4 is 16.2 Å². The highest BCUT2D eigenvalue weighted by Gasteiger charge is 2.25. The molecule has 0 heterocycles. The first-order chi connectivity index (χ1) is 7.86. The smallest absolute Gasteiger partial charge is 0.304 e. The first-order valence-corrected chi connectivity index (χ1v) is 6.62. The molecule has 0 aromatic heterocycles. The standard InChI is InChI=1S/C10H18N2O4S/c1-4-7-12(8-5-2)17(15,16)11(3)9-6-10(13)14/h1H,5-9H2,2-3H3,(H,13,14). The minimum atomic E-state index is -3.66. The Bertz CT molecular complexity index is 386. The molecular formula is C10H18N2O4S. The van der Waals surface area contributed by atoms with Gasteiger partial charge in [0.15, 0.2) is 0 Å². The largest absolute Gasteiger partial charge is 0.481 e. The van der Waals surface area contributed by atoms with Crippen LogP contribution in [0.4, 0.5) is 0 Å². The molecule has 0 spiro atoms. The van der Waals surface area contributed by atoms with Crippen molar-refractivity contribution in [1.29, 1.82) is 0 Å². The van der Waals surface area contributed by atoms with Gasteiger partial charge in [-0.2, -0.15) is 17.0 Å². The zero-order valence-corrected chi connectivity index (χ0v) is 10.9. The molecule has 0 rings (SSSR count). The summed E-state index contributed by atoms with van der Waals surface area (Å²) in [7, 11) is -2.32. The second-order valence-corrected chi connectivity index (χ2v) is 5.55. The fraction of sp³-hybridized carbons (Fsp3) is 0.700. The maximum atomic E-state index is 12.0. The normalized spacial score (nSPS) is 11.7. The summed E-state index contributed by atoms with van der Waals surface area (Å²) in [6.07, 6.45) is 5.53. The quantitative estimate of drug-likeness (QED) is 0.624. The topological polar surface area (TPSA) is 77.9 Å². The Hall–Kier alpha value is -1.10. The maximum Gasteiger partial charge on any atom is 0.304 e. The third-order valence-corrected chi connectivity index (χ3v) is 4.04. The summed E-state index contributed by atoms with van der Waals surface area (Å²) >= 11 is 0. The molecule has 0 aliphatic carbocycles. The van der Waals surface area contributed by atoms with E-state index in [1.807, 2.05) is 6.92 Å². The first kappa shape index (κ1) is 15.9. The van der Waals surface area contributed by atoms with E-state index < -0.39 is 16.2 Å². The molecule has 0 bridgehead atoms. The van der Waals surface area contributed by atoms with E-state index in [1.165, 1.54) is 7.05 Å². The van der Waals surface area contributed by atoms with E-state index in [1.54, 1.807) is 0 Å². The molecule has 17 heavy (non-hydrogen) atoms. The second kappa shape index (κ2) is 7.27. The van der Waals surface area contributed by atoms with Gasteiger partial charge in [-0.1, -0.05) is 12.8 Å². The molecule has 1 N–H and O–H groups in total. The molecule has 98 valence electrons. The fourth-order valence-corrected chi connectivity index (χ4v) is 2.56. The summed E-state index contributed by atoms with van der Waals surface area (Å²) in [6, 6.07) is 0. The Morgan fingerprint density at radius 2 is 2.00 bits per heavy atom. The number of nitrogens with zero attached hydrogens (tertiary/aromatic N) is 2. The molecule has 0 radical (unpaired) electrons. The number of carboxylic acid groups (broad SMARTS) is 1. The lowest BCUT2D eigenvalue weighted by molar-refractivity contribution is -0.137. The second-order valence-electron chi connectivity index (χ2n) is 3.51. The molecule has 0 fully saturated rings. The van der Waals surface area contributed by atoms with Gasteiger partial charge < -0.3 is 5.11 Å². The Morgan fingerprint density at radius 3 is 2.41 bits per heavy atom. The van der Waals surface area contributed by atoms with Crippen molar-refractivity contribution in [3.63, 3.8) is 0 Å². The number of terminal acetylenes is 1. The maximum absolute atomic E-state index is 12.0. The number of rotatable bonds is 8. The molecular weight excluding hydrogens is 244 g/mol. The van der Waals surface area contributed by atoms with Gasteiger partial charge in [0.2, 0.25) is 0 Å². The number of hydrogen-bond donors (Lipinski definition) is 1. The van der Waals surface area contributed by atoms with E-state index in [0.717, 1.165) is 8.61 Å². The van der Waals surface area contributed by atoms with Crippen LogP contribution in [0, 0.1) is 12.3 Å².